The van der Waals surface area contributed by atoms with Crippen molar-refractivity contribution in [2.45, 2.75) is 30.8 Å². The summed E-state index contributed by atoms with van der Waals surface area (Å²) >= 11 is 0. The molecule has 1 N–H and O–H groups in total. The molecule has 1 aliphatic heterocycles. The molecule has 1 fully saturated rings. The Labute approximate surface area is 179 Å². The van der Waals surface area contributed by atoms with E-state index in [1.54, 1.807) is 25.1 Å². The van der Waals surface area contributed by atoms with Crippen LogP contribution in [0.15, 0.2) is 53.4 Å². The highest BCUT2D eigenvalue weighted by molar-refractivity contribution is 7.89. The zero-order valence-corrected chi connectivity index (χ0v) is 17.7. The number of anilines is 1. The Morgan fingerprint density at radius 1 is 1.13 bits per heavy atom. The molecular formula is C21H23F3N2O4S. The fraction of sp³-hybridized carbons (Fsp3) is 0.381. The number of sulfonamides is 1. The van der Waals surface area contributed by atoms with Crippen LogP contribution >= 0.6 is 0 Å². The van der Waals surface area contributed by atoms with Crippen molar-refractivity contribution < 1.29 is 31.1 Å². The van der Waals surface area contributed by atoms with Gasteiger partial charge in [-0.25, -0.2) is 8.42 Å². The number of carbonyl (C=O) groups is 1. The largest absolute Gasteiger partial charge is 0.492 e. The van der Waals surface area contributed by atoms with E-state index >= 15 is 0 Å². The predicted octanol–water partition coefficient (Wildman–Crippen LogP) is 4.14. The summed E-state index contributed by atoms with van der Waals surface area (Å²) in [4.78, 5) is 12.9. The first-order chi connectivity index (χ1) is 14.6. The smallest absolute Gasteiger partial charge is 0.416 e. The molecule has 0 atom stereocenters. The Morgan fingerprint density at radius 3 is 2.35 bits per heavy atom. The second-order valence-electron chi connectivity index (χ2n) is 7.12. The zero-order chi connectivity index (χ0) is 22.6. The molecule has 2 aromatic rings. The first-order valence-corrected chi connectivity index (χ1v) is 11.3. The molecule has 31 heavy (non-hydrogen) atoms. The maximum Gasteiger partial charge on any atom is 0.416 e. The van der Waals surface area contributed by atoms with E-state index in [9.17, 15) is 26.4 Å². The average molecular weight is 456 g/mol. The molecule has 1 saturated heterocycles. The molecule has 0 radical (unpaired) electrons. The highest BCUT2D eigenvalue weighted by Gasteiger charge is 2.34. The molecule has 0 aromatic heterocycles. The van der Waals surface area contributed by atoms with Crippen molar-refractivity contribution in [3.8, 4) is 5.75 Å². The van der Waals surface area contributed by atoms with Crippen LogP contribution < -0.4 is 10.1 Å². The molecule has 0 bridgehead atoms. The minimum atomic E-state index is -4.55. The predicted molar refractivity (Wildman–Crippen MR) is 109 cm³/mol. The van der Waals surface area contributed by atoms with Crippen molar-refractivity contribution in [2.24, 2.45) is 5.92 Å². The molecule has 3 rings (SSSR count). The van der Waals surface area contributed by atoms with Gasteiger partial charge in [0.05, 0.1) is 22.8 Å². The second kappa shape index (κ2) is 9.27. The van der Waals surface area contributed by atoms with Crippen LogP contribution in [0.4, 0.5) is 18.9 Å². The third kappa shape index (κ3) is 5.37. The molecule has 0 spiro atoms. The van der Waals surface area contributed by atoms with Crippen molar-refractivity contribution >= 4 is 21.6 Å². The molecule has 0 saturated carbocycles. The van der Waals surface area contributed by atoms with Gasteiger partial charge < -0.3 is 10.1 Å². The van der Waals surface area contributed by atoms with E-state index in [0.717, 1.165) is 12.1 Å². The van der Waals surface area contributed by atoms with Gasteiger partial charge in [0.1, 0.15) is 5.75 Å². The van der Waals surface area contributed by atoms with Gasteiger partial charge in [0, 0.05) is 19.0 Å². The molecule has 1 amide bonds. The first kappa shape index (κ1) is 23.1. The van der Waals surface area contributed by atoms with Crippen LogP contribution in [0.2, 0.25) is 0 Å². The molecule has 1 heterocycles. The maximum absolute atomic E-state index is 13.1. The number of rotatable bonds is 6. The lowest BCUT2D eigenvalue weighted by molar-refractivity contribution is -0.137. The Balaban J connectivity index is 1.69. The number of hydrogen-bond donors (Lipinski definition) is 1. The SMILES string of the molecule is CCOc1ccc(C(F)(F)F)cc1NC(=O)C1CCN(S(=O)(=O)c2ccccc2)CC1. The summed E-state index contributed by atoms with van der Waals surface area (Å²) in [6.07, 6.45) is -4.02. The Hall–Kier alpha value is -2.59. The number of hydrogen-bond acceptors (Lipinski definition) is 4. The molecule has 2 aromatic carbocycles. The van der Waals surface area contributed by atoms with E-state index in [1.807, 2.05) is 0 Å². The van der Waals surface area contributed by atoms with Crippen LogP contribution in [0, 0.1) is 5.92 Å². The number of halogens is 3. The van der Waals surface area contributed by atoms with Crippen LogP contribution in [-0.2, 0) is 21.0 Å². The lowest BCUT2D eigenvalue weighted by Gasteiger charge is -2.30. The fourth-order valence-corrected chi connectivity index (χ4v) is 4.91. The van der Waals surface area contributed by atoms with Gasteiger partial charge in [-0.1, -0.05) is 18.2 Å². The lowest BCUT2D eigenvalue weighted by atomic mass is 9.97. The van der Waals surface area contributed by atoms with Crippen molar-refractivity contribution in [3.05, 3.63) is 54.1 Å². The van der Waals surface area contributed by atoms with Gasteiger partial charge in [-0.2, -0.15) is 17.5 Å². The summed E-state index contributed by atoms with van der Waals surface area (Å²) in [5.41, 5.74) is -0.948. The highest BCUT2D eigenvalue weighted by atomic mass is 32.2. The number of nitrogens with zero attached hydrogens (tertiary/aromatic N) is 1. The van der Waals surface area contributed by atoms with Gasteiger partial charge in [-0.15, -0.1) is 0 Å². The van der Waals surface area contributed by atoms with Gasteiger partial charge in [-0.05, 0) is 50.1 Å². The van der Waals surface area contributed by atoms with Gasteiger partial charge in [0.25, 0.3) is 0 Å². The highest BCUT2D eigenvalue weighted by Crippen LogP contribution is 2.35. The topological polar surface area (TPSA) is 75.7 Å². The Morgan fingerprint density at radius 2 is 1.77 bits per heavy atom. The van der Waals surface area contributed by atoms with E-state index in [1.165, 1.54) is 22.5 Å². The Kier molecular flexibility index (Phi) is 6.90. The van der Waals surface area contributed by atoms with Gasteiger partial charge in [-0.3, -0.25) is 4.79 Å². The van der Waals surface area contributed by atoms with Crippen molar-refractivity contribution in [1.82, 2.24) is 4.31 Å². The molecule has 1 aliphatic rings. The van der Waals surface area contributed by atoms with Crippen LogP contribution in [0.5, 0.6) is 5.75 Å². The molecule has 0 aliphatic carbocycles. The number of ether oxygens (including phenoxy) is 1. The minimum Gasteiger partial charge on any atom is -0.492 e. The zero-order valence-electron chi connectivity index (χ0n) is 16.9. The monoisotopic (exact) mass is 456 g/mol. The third-order valence-corrected chi connectivity index (χ3v) is 6.98. The van der Waals surface area contributed by atoms with Crippen LogP contribution in [-0.4, -0.2) is 38.3 Å². The molecule has 0 unspecified atom stereocenters. The standard InChI is InChI=1S/C21H23F3N2O4S/c1-2-30-19-9-8-16(21(22,23)24)14-18(19)25-20(27)15-10-12-26(13-11-15)31(28,29)17-6-4-3-5-7-17/h3-9,14-15H,2,10-13H2,1H3,(H,25,27). The van der Waals surface area contributed by atoms with Crippen molar-refractivity contribution in [3.63, 3.8) is 0 Å². The van der Waals surface area contributed by atoms with E-state index in [2.05, 4.69) is 5.32 Å². The summed E-state index contributed by atoms with van der Waals surface area (Å²) in [7, 11) is -3.65. The number of nitrogens with one attached hydrogen (secondary N) is 1. The number of carbonyl (C=O) groups excluding carboxylic acids is 1. The van der Waals surface area contributed by atoms with E-state index in [-0.39, 0.29) is 48.9 Å². The number of benzene rings is 2. The van der Waals surface area contributed by atoms with Gasteiger partial charge in [0.15, 0.2) is 0 Å². The fourth-order valence-electron chi connectivity index (χ4n) is 3.42. The summed E-state index contributed by atoms with van der Waals surface area (Å²) in [6.45, 7) is 2.21. The number of amides is 1. The quantitative estimate of drug-likeness (QED) is 0.709. The molecule has 168 valence electrons. The van der Waals surface area contributed by atoms with E-state index < -0.39 is 33.6 Å². The van der Waals surface area contributed by atoms with Crippen molar-refractivity contribution in [2.75, 3.05) is 25.0 Å². The van der Waals surface area contributed by atoms with Crippen LogP contribution in [0.25, 0.3) is 0 Å². The van der Waals surface area contributed by atoms with Crippen LogP contribution in [0.3, 0.4) is 0 Å². The van der Waals surface area contributed by atoms with Gasteiger partial charge in [0.2, 0.25) is 15.9 Å². The first-order valence-electron chi connectivity index (χ1n) is 9.83. The molecular weight excluding hydrogens is 433 g/mol. The summed E-state index contributed by atoms with van der Waals surface area (Å²) in [5, 5.41) is 2.53. The third-order valence-electron chi connectivity index (χ3n) is 5.07. The summed E-state index contributed by atoms with van der Waals surface area (Å²) in [6, 6.07) is 10.9. The summed E-state index contributed by atoms with van der Waals surface area (Å²) < 4.78 is 71.2. The van der Waals surface area contributed by atoms with E-state index in [0.29, 0.717) is 0 Å². The Bertz CT molecular complexity index is 1020. The number of piperidine rings is 1. The minimum absolute atomic E-state index is 0.0546. The lowest BCUT2D eigenvalue weighted by Crippen LogP contribution is -2.41. The van der Waals surface area contributed by atoms with E-state index in [4.69, 9.17) is 4.74 Å². The van der Waals surface area contributed by atoms with Gasteiger partial charge >= 0.3 is 6.18 Å². The average Bonchev–Trinajstić information content (AvgIpc) is 2.75. The number of alkyl halides is 3. The molecule has 10 heteroatoms. The van der Waals surface area contributed by atoms with Crippen molar-refractivity contribution in [1.29, 1.82) is 0 Å². The molecule has 6 nitrogen and oxygen atoms in total. The normalized spacial score (nSPS) is 16.1. The van der Waals surface area contributed by atoms with Crippen LogP contribution in [0.1, 0.15) is 25.3 Å². The second-order valence-corrected chi connectivity index (χ2v) is 9.06. The summed E-state index contributed by atoms with van der Waals surface area (Å²) in [5.74, 6) is -0.837. The maximum atomic E-state index is 13.1.